The molecule has 0 bridgehead atoms. The molecule has 2 aliphatic rings. The van der Waals surface area contributed by atoms with E-state index in [0.717, 1.165) is 120 Å². The third kappa shape index (κ3) is 6.97. The molecule has 8 rings (SSSR count). The second-order valence-electron chi connectivity index (χ2n) is 15.3. The van der Waals surface area contributed by atoms with Gasteiger partial charge in [-0.2, -0.15) is 0 Å². The van der Waals surface area contributed by atoms with Crippen molar-refractivity contribution in [2.75, 3.05) is 19.6 Å². The highest BCUT2D eigenvalue weighted by Gasteiger charge is 2.52. The predicted molar refractivity (Wildman–Crippen MR) is 241 cm³/mol. The van der Waals surface area contributed by atoms with E-state index < -0.39 is 0 Å². The molecule has 0 saturated carbocycles. The van der Waals surface area contributed by atoms with E-state index in [1.54, 1.807) is 0 Å². The van der Waals surface area contributed by atoms with Crippen LogP contribution in [0, 0.1) is 0 Å². The van der Waals surface area contributed by atoms with Crippen molar-refractivity contribution in [3.05, 3.63) is 143 Å². The minimum Gasteiger partial charge on any atom is -0.314 e. The van der Waals surface area contributed by atoms with Crippen molar-refractivity contribution in [1.29, 1.82) is 0 Å². The van der Waals surface area contributed by atoms with Crippen LogP contribution in [0.25, 0.3) is 0 Å². The molecule has 0 radical (unpaired) electrons. The van der Waals surface area contributed by atoms with Crippen LogP contribution < -0.4 is 19.6 Å². The quantitative estimate of drug-likeness (QED) is 0.115. The topological polar surface area (TPSA) is 64.5 Å². The van der Waals surface area contributed by atoms with E-state index in [1.807, 2.05) is 0 Å². The average Bonchev–Trinajstić information content (AvgIpc) is 3.81. The van der Waals surface area contributed by atoms with Crippen LogP contribution in [0.3, 0.4) is 0 Å². The Hall–Kier alpha value is -5.76. The largest absolute Gasteiger partial charge is 0.314 e. The fraction of sp³-hybridized carbons (Fsp3) is 0.360. The Bertz CT molecular complexity index is 2000. The van der Waals surface area contributed by atoms with Gasteiger partial charge in [-0.1, -0.05) is 79.7 Å². The normalized spacial score (nSPS) is 14.1. The Morgan fingerprint density at radius 1 is 0.310 bits per heavy atom. The average molecular weight is 771 g/mol. The lowest BCUT2D eigenvalue weighted by Crippen LogP contribution is -2.58. The van der Waals surface area contributed by atoms with Crippen LogP contribution in [0.4, 0.5) is 45.5 Å². The summed E-state index contributed by atoms with van der Waals surface area (Å²) in [5, 5.41) is 0. The molecule has 8 heteroatoms. The highest BCUT2D eigenvalue weighted by molar-refractivity contribution is 5.94. The number of aryl methyl sites for hydroxylation is 8. The first-order chi connectivity index (χ1) is 28.4. The molecule has 298 valence electrons. The molecule has 0 atom stereocenters. The number of aromatic nitrogens is 4. The summed E-state index contributed by atoms with van der Waals surface area (Å²) in [6, 6.07) is 36.5. The maximum absolute atomic E-state index is 5.09. The second-order valence-corrected chi connectivity index (χ2v) is 15.3. The summed E-state index contributed by atoms with van der Waals surface area (Å²) in [4.78, 5) is 30.8. The molecule has 0 saturated heterocycles. The van der Waals surface area contributed by atoms with Crippen molar-refractivity contribution >= 4 is 45.5 Å². The van der Waals surface area contributed by atoms with Crippen molar-refractivity contribution in [3.8, 4) is 0 Å². The fourth-order valence-electron chi connectivity index (χ4n) is 8.78. The number of hydrogen-bond acceptors (Lipinski definition) is 8. The molecule has 0 spiro atoms. The summed E-state index contributed by atoms with van der Waals surface area (Å²) in [5.41, 5.74) is 18.1. The zero-order valence-electron chi connectivity index (χ0n) is 35.6. The standard InChI is InChI=1S/C50H58N8/c1-9-33-25-41(26-34(10-2)51-33)55-45-21-17-18-22-46(45)56(42-27-35(11-3)52-36(12-4)28-42)49(55)50-57(43-29-37(13-5)53-38(14-6)30-43)47-23-19-20-24-48(47)58(50)44-31-39(15-7)54-40(16-8)32-44/h17-32,49-50H,9-16H2,1-8H3. The number of anilines is 8. The minimum atomic E-state index is -0.259. The van der Waals surface area contributed by atoms with Gasteiger partial charge in [0.15, 0.2) is 12.3 Å². The molecule has 0 amide bonds. The smallest absolute Gasteiger partial charge is 0.151 e. The lowest BCUT2D eigenvalue weighted by molar-refractivity contribution is 0.548. The number of pyridine rings is 4. The van der Waals surface area contributed by atoms with E-state index in [1.165, 1.54) is 22.7 Å². The van der Waals surface area contributed by atoms with E-state index in [-0.39, 0.29) is 12.3 Å². The van der Waals surface area contributed by atoms with Gasteiger partial charge in [-0.05, 0) is 124 Å². The molecule has 58 heavy (non-hydrogen) atoms. The van der Waals surface area contributed by atoms with Crippen LogP contribution in [0.2, 0.25) is 0 Å². The van der Waals surface area contributed by atoms with E-state index in [2.05, 4.69) is 172 Å². The lowest BCUT2D eigenvalue weighted by Gasteiger charge is -2.45. The summed E-state index contributed by atoms with van der Waals surface area (Å²) in [6.07, 6.45) is 6.33. The zero-order chi connectivity index (χ0) is 40.5. The van der Waals surface area contributed by atoms with Crippen molar-refractivity contribution < 1.29 is 0 Å². The maximum atomic E-state index is 5.09. The SMILES string of the molecule is CCc1cc(N2c3ccccc3N(c3cc(CC)nc(CC)c3)C2C2N(c3cc(CC)nc(CC)c3)c3ccccc3N2c2cc(CC)nc(CC)c2)cc(CC)n1. The van der Waals surface area contributed by atoms with Gasteiger partial charge in [-0.3, -0.25) is 19.9 Å². The van der Waals surface area contributed by atoms with Crippen molar-refractivity contribution in [3.63, 3.8) is 0 Å². The molecular formula is C50H58N8. The van der Waals surface area contributed by atoms with Gasteiger partial charge in [0.1, 0.15) is 0 Å². The van der Waals surface area contributed by atoms with Crippen molar-refractivity contribution in [2.24, 2.45) is 0 Å². The first kappa shape index (κ1) is 39.1. The molecule has 8 nitrogen and oxygen atoms in total. The Kier molecular flexibility index (Phi) is 11.2. The summed E-state index contributed by atoms with van der Waals surface area (Å²) in [6.45, 7) is 17.7. The van der Waals surface area contributed by atoms with Gasteiger partial charge in [0.2, 0.25) is 0 Å². The number of benzene rings is 2. The van der Waals surface area contributed by atoms with Crippen LogP contribution in [-0.2, 0) is 51.4 Å². The second kappa shape index (κ2) is 16.6. The van der Waals surface area contributed by atoms with Gasteiger partial charge in [0.25, 0.3) is 0 Å². The molecule has 2 aliphatic heterocycles. The molecule has 6 heterocycles. The number of rotatable bonds is 13. The molecular weight excluding hydrogens is 713 g/mol. The number of para-hydroxylation sites is 4. The third-order valence-electron chi connectivity index (χ3n) is 11.8. The van der Waals surface area contributed by atoms with Crippen molar-refractivity contribution in [1.82, 2.24) is 19.9 Å². The summed E-state index contributed by atoms with van der Waals surface area (Å²) < 4.78 is 0. The van der Waals surface area contributed by atoms with Gasteiger partial charge in [-0.15, -0.1) is 0 Å². The van der Waals surface area contributed by atoms with Crippen LogP contribution in [0.5, 0.6) is 0 Å². The lowest BCUT2D eigenvalue weighted by atomic mass is 10.1. The third-order valence-corrected chi connectivity index (χ3v) is 11.8. The van der Waals surface area contributed by atoms with Crippen molar-refractivity contribution in [2.45, 2.75) is 119 Å². The monoisotopic (exact) mass is 770 g/mol. The highest BCUT2D eigenvalue weighted by atomic mass is 15.5. The van der Waals surface area contributed by atoms with E-state index in [9.17, 15) is 0 Å². The van der Waals surface area contributed by atoms with Gasteiger partial charge < -0.3 is 19.6 Å². The van der Waals surface area contributed by atoms with Crippen LogP contribution in [0.1, 0.15) is 101 Å². The minimum absolute atomic E-state index is 0.259. The Balaban J connectivity index is 1.50. The van der Waals surface area contributed by atoms with E-state index in [4.69, 9.17) is 19.9 Å². The Morgan fingerprint density at radius 2 is 0.483 bits per heavy atom. The van der Waals surface area contributed by atoms with Crippen LogP contribution in [0.15, 0.2) is 97.1 Å². The number of fused-ring (bicyclic) bond motifs is 2. The fourth-order valence-corrected chi connectivity index (χ4v) is 8.78. The first-order valence-corrected chi connectivity index (χ1v) is 21.7. The molecule has 0 fully saturated rings. The van der Waals surface area contributed by atoms with Gasteiger partial charge in [0, 0.05) is 68.3 Å². The molecule has 6 aromatic rings. The summed E-state index contributed by atoms with van der Waals surface area (Å²) in [7, 11) is 0. The molecule has 4 aromatic heterocycles. The maximum Gasteiger partial charge on any atom is 0.151 e. The zero-order valence-corrected chi connectivity index (χ0v) is 35.6. The predicted octanol–water partition coefficient (Wildman–Crippen LogP) is 11.7. The number of nitrogens with zero attached hydrogens (tertiary/aromatic N) is 8. The molecule has 0 N–H and O–H groups in total. The van der Waals surface area contributed by atoms with Gasteiger partial charge in [0.05, 0.1) is 22.7 Å². The van der Waals surface area contributed by atoms with E-state index in [0.29, 0.717) is 0 Å². The molecule has 0 aliphatic carbocycles. The summed E-state index contributed by atoms with van der Waals surface area (Å²) >= 11 is 0. The first-order valence-electron chi connectivity index (χ1n) is 21.7. The van der Waals surface area contributed by atoms with Crippen LogP contribution >= 0.6 is 0 Å². The summed E-state index contributed by atoms with van der Waals surface area (Å²) in [5.74, 6) is 0. The Labute approximate surface area is 345 Å². The highest BCUT2D eigenvalue weighted by Crippen LogP contribution is 2.56. The Morgan fingerprint density at radius 3 is 0.638 bits per heavy atom. The van der Waals surface area contributed by atoms with E-state index >= 15 is 0 Å². The number of hydrogen-bond donors (Lipinski definition) is 0. The molecule has 0 unspecified atom stereocenters. The molecule has 2 aromatic carbocycles. The van der Waals surface area contributed by atoms with Gasteiger partial charge >= 0.3 is 0 Å². The van der Waals surface area contributed by atoms with Gasteiger partial charge in [-0.25, -0.2) is 0 Å². The van der Waals surface area contributed by atoms with Crippen LogP contribution in [-0.4, -0.2) is 32.3 Å².